The first-order valence-electron chi connectivity index (χ1n) is 5.06. The molecule has 0 rings (SSSR count). The Morgan fingerprint density at radius 3 is 2.08 bits per heavy atom. The molecule has 0 aliphatic heterocycles. The first kappa shape index (κ1) is 12.0. The first-order chi connectivity index (χ1) is 6.29. The van der Waals surface area contributed by atoms with Crippen LogP contribution < -0.4 is 0 Å². The molecule has 0 spiro atoms. The van der Waals surface area contributed by atoms with E-state index in [1.54, 1.807) is 0 Å². The van der Waals surface area contributed by atoms with Crippen molar-refractivity contribution in [3.05, 3.63) is 0 Å². The Morgan fingerprint density at radius 1 is 1.08 bits per heavy atom. The Labute approximate surface area is 81.2 Å². The van der Waals surface area contributed by atoms with Crippen molar-refractivity contribution in [3.63, 3.8) is 0 Å². The van der Waals surface area contributed by atoms with E-state index in [0.29, 0.717) is 12.3 Å². The second-order valence-corrected chi connectivity index (χ2v) is 3.44. The SMILES string of the molecule is CCCC(C#N)C(CC#N)CCC. The summed E-state index contributed by atoms with van der Waals surface area (Å²) >= 11 is 0. The highest BCUT2D eigenvalue weighted by Gasteiger charge is 2.19. The molecule has 13 heavy (non-hydrogen) atoms. The number of nitriles is 2. The van der Waals surface area contributed by atoms with Crippen molar-refractivity contribution in [2.75, 3.05) is 0 Å². The average molecular weight is 178 g/mol. The largest absolute Gasteiger partial charge is 0.198 e. The van der Waals surface area contributed by atoms with E-state index in [0.717, 1.165) is 25.7 Å². The van der Waals surface area contributed by atoms with E-state index >= 15 is 0 Å². The van der Waals surface area contributed by atoms with Crippen LogP contribution in [0.15, 0.2) is 0 Å². The number of hydrogen-bond donors (Lipinski definition) is 0. The molecular weight excluding hydrogens is 160 g/mol. The van der Waals surface area contributed by atoms with Crippen LogP contribution in [0.5, 0.6) is 0 Å². The van der Waals surface area contributed by atoms with Gasteiger partial charge < -0.3 is 0 Å². The summed E-state index contributed by atoms with van der Waals surface area (Å²) in [4.78, 5) is 0. The lowest BCUT2D eigenvalue weighted by atomic mass is 9.84. The summed E-state index contributed by atoms with van der Waals surface area (Å²) in [5.74, 6) is 0.379. The van der Waals surface area contributed by atoms with Crippen LogP contribution in [0.25, 0.3) is 0 Å². The molecular formula is C11H18N2. The Hall–Kier alpha value is -1.02. The third kappa shape index (κ3) is 4.53. The normalized spacial score (nSPS) is 14.2. The third-order valence-electron chi connectivity index (χ3n) is 2.35. The molecule has 0 aromatic carbocycles. The standard InChI is InChI=1S/C11H18N2/c1-3-5-10(7-8-12)11(9-13)6-4-2/h10-11H,3-7H2,1-2H3. The minimum Gasteiger partial charge on any atom is -0.198 e. The van der Waals surface area contributed by atoms with E-state index < -0.39 is 0 Å². The highest BCUT2D eigenvalue weighted by Crippen LogP contribution is 2.24. The van der Waals surface area contributed by atoms with Crippen LogP contribution in [0.3, 0.4) is 0 Å². The van der Waals surface area contributed by atoms with Crippen molar-refractivity contribution in [1.29, 1.82) is 10.5 Å². The summed E-state index contributed by atoms with van der Waals surface area (Å²) < 4.78 is 0. The maximum absolute atomic E-state index is 8.92. The van der Waals surface area contributed by atoms with E-state index in [1.165, 1.54) is 0 Å². The van der Waals surface area contributed by atoms with Gasteiger partial charge in [0, 0.05) is 6.42 Å². The molecule has 2 nitrogen and oxygen atoms in total. The molecule has 0 amide bonds. The zero-order valence-electron chi connectivity index (χ0n) is 8.58. The smallest absolute Gasteiger partial charge is 0.0659 e. The van der Waals surface area contributed by atoms with Crippen LogP contribution in [0.2, 0.25) is 0 Å². The number of hydrogen-bond acceptors (Lipinski definition) is 2. The molecule has 0 aromatic rings. The van der Waals surface area contributed by atoms with Gasteiger partial charge in [-0.25, -0.2) is 0 Å². The van der Waals surface area contributed by atoms with Gasteiger partial charge >= 0.3 is 0 Å². The summed E-state index contributed by atoms with van der Waals surface area (Å²) in [6.45, 7) is 4.18. The van der Waals surface area contributed by atoms with Gasteiger partial charge in [0.05, 0.1) is 18.1 Å². The molecule has 0 saturated carbocycles. The first-order valence-corrected chi connectivity index (χ1v) is 5.06. The zero-order chi connectivity index (χ0) is 10.1. The van der Waals surface area contributed by atoms with Crippen LogP contribution in [-0.4, -0.2) is 0 Å². The van der Waals surface area contributed by atoms with Crippen LogP contribution in [-0.2, 0) is 0 Å². The summed E-state index contributed by atoms with van der Waals surface area (Å²) in [5.41, 5.74) is 0. The highest BCUT2D eigenvalue weighted by molar-refractivity contribution is 4.91. The van der Waals surface area contributed by atoms with Gasteiger partial charge in [-0.15, -0.1) is 0 Å². The lowest BCUT2D eigenvalue weighted by Crippen LogP contribution is -2.12. The van der Waals surface area contributed by atoms with Crippen molar-refractivity contribution in [2.45, 2.75) is 46.0 Å². The topological polar surface area (TPSA) is 47.6 Å². The molecule has 0 aliphatic carbocycles. The molecule has 2 atom stereocenters. The fourth-order valence-corrected chi connectivity index (χ4v) is 1.65. The molecule has 0 aromatic heterocycles. The zero-order valence-corrected chi connectivity index (χ0v) is 8.58. The molecule has 0 N–H and O–H groups in total. The van der Waals surface area contributed by atoms with Crippen molar-refractivity contribution in [1.82, 2.24) is 0 Å². The predicted molar refractivity (Wildman–Crippen MR) is 52.6 cm³/mol. The molecule has 0 saturated heterocycles. The van der Waals surface area contributed by atoms with E-state index in [2.05, 4.69) is 26.0 Å². The molecule has 0 fully saturated rings. The van der Waals surface area contributed by atoms with Crippen molar-refractivity contribution < 1.29 is 0 Å². The predicted octanol–water partition coefficient (Wildman–Crippen LogP) is 3.26. The number of nitrogens with zero attached hydrogens (tertiary/aromatic N) is 2. The lowest BCUT2D eigenvalue weighted by molar-refractivity contribution is 0.358. The van der Waals surface area contributed by atoms with E-state index in [4.69, 9.17) is 10.5 Å². The van der Waals surface area contributed by atoms with E-state index in [-0.39, 0.29) is 5.92 Å². The molecule has 2 heteroatoms. The minimum atomic E-state index is 0.0876. The average Bonchev–Trinajstić information content (AvgIpc) is 2.14. The second kappa shape index (κ2) is 7.62. The van der Waals surface area contributed by atoms with Gasteiger partial charge in [-0.1, -0.05) is 26.7 Å². The van der Waals surface area contributed by atoms with Crippen molar-refractivity contribution >= 4 is 0 Å². The maximum Gasteiger partial charge on any atom is 0.0659 e. The highest BCUT2D eigenvalue weighted by atomic mass is 14.3. The molecule has 72 valence electrons. The lowest BCUT2D eigenvalue weighted by Gasteiger charge is -2.17. The van der Waals surface area contributed by atoms with E-state index in [9.17, 15) is 0 Å². The Balaban J connectivity index is 4.15. The van der Waals surface area contributed by atoms with Crippen LogP contribution in [0.1, 0.15) is 46.0 Å². The second-order valence-electron chi connectivity index (χ2n) is 3.44. The Morgan fingerprint density at radius 2 is 1.69 bits per heavy atom. The van der Waals surface area contributed by atoms with Gasteiger partial charge in [0.2, 0.25) is 0 Å². The Bertz CT molecular complexity index is 197. The van der Waals surface area contributed by atoms with Crippen molar-refractivity contribution in [3.8, 4) is 12.1 Å². The summed E-state index contributed by atoms with van der Waals surface area (Å²) in [7, 11) is 0. The van der Waals surface area contributed by atoms with Gasteiger partial charge in [-0.05, 0) is 18.8 Å². The molecule has 0 radical (unpaired) electrons. The molecule has 0 heterocycles. The van der Waals surface area contributed by atoms with Crippen molar-refractivity contribution in [2.24, 2.45) is 11.8 Å². The molecule has 0 bridgehead atoms. The van der Waals surface area contributed by atoms with Gasteiger partial charge in [-0.3, -0.25) is 0 Å². The van der Waals surface area contributed by atoms with Gasteiger partial charge in [-0.2, -0.15) is 10.5 Å². The third-order valence-corrected chi connectivity index (χ3v) is 2.35. The van der Waals surface area contributed by atoms with Gasteiger partial charge in [0.15, 0.2) is 0 Å². The monoisotopic (exact) mass is 178 g/mol. The summed E-state index contributed by atoms with van der Waals surface area (Å²) in [5, 5.41) is 17.5. The fraction of sp³-hybridized carbons (Fsp3) is 0.818. The summed E-state index contributed by atoms with van der Waals surface area (Å²) in [6.07, 6.45) is 4.57. The minimum absolute atomic E-state index is 0.0876. The van der Waals surface area contributed by atoms with E-state index in [1.807, 2.05) is 0 Å². The molecule has 2 unspecified atom stereocenters. The van der Waals surface area contributed by atoms with Crippen LogP contribution in [0, 0.1) is 34.5 Å². The van der Waals surface area contributed by atoms with Gasteiger partial charge in [0.1, 0.15) is 0 Å². The van der Waals surface area contributed by atoms with Crippen LogP contribution >= 0.6 is 0 Å². The quantitative estimate of drug-likeness (QED) is 0.626. The number of rotatable bonds is 6. The fourth-order valence-electron chi connectivity index (χ4n) is 1.65. The van der Waals surface area contributed by atoms with Gasteiger partial charge in [0.25, 0.3) is 0 Å². The molecule has 0 aliphatic rings. The maximum atomic E-state index is 8.92. The summed E-state index contributed by atoms with van der Waals surface area (Å²) in [6, 6.07) is 4.50. The Kier molecular flexibility index (Phi) is 7.02. The van der Waals surface area contributed by atoms with Crippen LogP contribution in [0.4, 0.5) is 0 Å².